The molecule has 0 aliphatic rings. The first-order valence-corrected chi connectivity index (χ1v) is 6.69. The summed E-state index contributed by atoms with van der Waals surface area (Å²) in [6, 6.07) is 10.3. The zero-order chi connectivity index (χ0) is 13.8. The highest BCUT2D eigenvalue weighted by Gasteiger charge is 2.35. The molecule has 0 aromatic heterocycles. The van der Waals surface area contributed by atoms with Gasteiger partial charge >= 0.3 is 0 Å². The minimum absolute atomic E-state index is 0.0808. The van der Waals surface area contributed by atoms with Crippen molar-refractivity contribution in [2.24, 2.45) is 23.0 Å². The average molecular weight is 247 g/mol. The minimum Gasteiger partial charge on any atom is -0.369 e. The third-order valence-corrected chi connectivity index (χ3v) is 3.58. The van der Waals surface area contributed by atoms with Crippen LogP contribution in [0, 0.1) is 17.3 Å². The summed E-state index contributed by atoms with van der Waals surface area (Å²) >= 11 is 0. The van der Waals surface area contributed by atoms with Crippen molar-refractivity contribution in [1.29, 1.82) is 0 Å². The summed E-state index contributed by atoms with van der Waals surface area (Å²) in [7, 11) is 0. The molecule has 0 heterocycles. The molecule has 2 N–H and O–H groups in total. The lowest BCUT2D eigenvalue weighted by atomic mass is 9.70. The van der Waals surface area contributed by atoms with E-state index in [4.69, 9.17) is 5.73 Å². The van der Waals surface area contributed by atoms with E-state index in [9.17, 15) is 4.79 Å². The molecule has 0 aliphatic carbocycles. The van der Waals surface area contributed by atoms with Crippen LogP contribution in [-0.4, -0.2) is 5.91 Å². The summed E-state index contributed by atoms with van der Waals surface area (Å²) in [5.74, 6) is 0.0536. The molecular weight excluding hydrogens is 222 g/mol. The van der Waals surface area contributed by atoms with Crippen LogP contribution in [0.3, 0.4) is 0 Å². The van der Waals surface area contributed by atoms with Gasteiger partial charge in [0.15, 0.2) is 0 Å². The second kappa shape index (κ2) is 6.03. The Morgan fingerprint density at radius 2 is 1.78 bits per heavy atom. The molecule has 2 nitrogen and oxygen atoms in total. The summed E-state index contributed by atoms with van der Waals surface area (Å²) in [5, 5.41) is 0. The Morgan fingerprint density at radius 3 is 2.17 bits per heavy atom. The molecule has 1 amide bonds. The number of amides is 1. The Kier molecular flexibility index (Phi) is 4.94. The highest BCUT2D eigenvalue weighted by Crippen LogP contribution is 2.35. The van der Waals surface area contributed by atoms with Gasteiger partial charge in [-0.05, 0) is 23.3 Å². The van der Waals surface area contributed by atoms with E-state index in [2.05, 4.69) is 39.8 Å². The minimum atomic E-state index is -0.176. The van der Waals surface area contributed by atoms with Crippen molar-refractivity contribution >= 4 is 5.91 Å². The summed E-state index contributed by atoms with van der Waals surface area (Å²) in [6.45, 7) is 8.41. The highest BCUT2D eigenvalue weighted by atomic mass is 16.1. The smallest absolute Gasteiger partial charge is 0.221 e. The second-order valence-electron chi connectivity index (χ2n) is 6.10. The quantitative estimate of drug-likeness (QED) is 0.851. The molecule has 1 aromatic rings. The number of carbonyl (C=O) groups is 1. The normalized spacial score (nSPS) is 15.1. The lowest BCUT2D eigenvalue weighted by Crippen LogP contribution is -2.40. The maximum absolute atomic E-state index is 11.8. The van der Waals surface area contributed by atoms with Gasteiger partial charge < -0.3 is 5.73 Å². The molecule has 0 spiro atoms. The van der Waals surface area contributed by atoms with Crippen molar-refractivity contribution in [3.8, 4) is 0 Å². The molecular formula is C16H25NO. The molecule has 1 aromatic carbocycles. The van der Waals surface area contributed by atoms with Gasteiger partial charge in [-0.1, -0.05) is 64.4 Å². The van der Waals surface area contributed by atoms with E-state index >= 15 is 0 Å². The van der Waals surface area contributed by atoms with E-state index in [0.717, 1.165) is 12.8 Å². The van der Waals surface area contributed by atoms with Gasteiger partial charge in [0.25, 0.3) is 0 Å². The van der Waals surface area contributed by atoms with Crippen molar-refractivity contribution in [2.75, 3.05) is 0 Å². The van der Waals surface area contributed by atoms with Crippen LogP contribution in [0.1, 0.15) is 39.7 Å². The number of benzene rings is 1. The fraction of sp³-hybridized carbons (Fsp3) is 0.562. The van der Waals surface area contributed by atoms with Crippen LogP contribution in [0.25, 0.3) is 0 Å². The number of rotatable bonds is 5. The standard InChI is InChI=1S/C16H25NO/c1-5-13(11-12-9-7-6-8-10-12)14(15(17)18)16(2,3)4/h6-10,13-14H,5,11H2,1-4H3,(H2,17,18)/t13-,14?/m0/s1. The molecule has 0 saturated carbocycles. The van der Waals surface area contributed by atoms with Crippen LogP contribution < -0.4 is 5.73 Å². The van der Waals surface area contributed by atoms with Gasteiger partial charge in [-0.3, -0.25) is 4.79 Å². The van der Waals surface area contributed by atoms with Crippen LogP contribution >= 0.6 is 0 Å². The molecule has 0 saturated heterocycles. The number of primary amides is 1. The Morgan fingerprint density at radius 1 is 1.22 bits per heavy atom. The molecule has 1 rings (SSSR count). The molecule has 0 fully saturated rings. The van der Waals surface area contributed by atoms with E-state index in [-0.39, 0.29) is 17.2 Å². The number of hydrogen-bond donors (Lipinski definition) is 1. The number of carbonyl (C=O) groups excluding carboxylic acids is 1. The summed E-state index contributed by atoms with van der Waals surface area (Å²) in [4.78, 5) is 11.8. The van der Waals surface area contributed by atoms with E-state index in [1.807, 2.05) is 18.2 Å². The zero-order valence-electron chi connectivity index (χ0n) is 11.9. The third kappa shape index (κ3) is 3.86. The van der Waals surface area contributed by atoms with Crippen molar-refractivity contribution in [1.82, 2.24) is 0 Å². The Hall–Kier alpha value is -1.31. The lowest BCUT2D eigenvalue weighted by molar-refractivity contribution is -0.127. The largest absolute Gasteiger partial charge is 0.369 e. The SMILES string of the molecule is CC[C@@H](Cc1ccccc1)C(C(N)=O)C(C)(C)C. The molecule has 2 heteroatoms. The fourth-order valence-corrected chi connectivity index (χ4v) is 2.78. The number of nitrogens with two attached hydrogens (primary N) is 1. The van der Waals surface area contributed by atoms with Gasteiger partial charge in [-0.25, -0.2) is 0 Å². The summed E-state index contributed by atoms with van der Waals surface area (Å²) in [6.07, 6.45) is 1.89. The van der Waals surface area contributed by atoms with Gasteiger partial charge in [0.2, 0.25) is 5.91 Å². The van der Waals surface area contributed by atoms with Gasteiger partial charge in [-0.2, -0.15) is 0 Å². The van der Waals surface area contributed by atoms with E-state index in [0.29, 0.717) is 5.92 Å². The predicted molar refractivity (Wildman–Crippen MR) is 76.1 cm³/mol. The average Bonchev–Trinajstić information content (AvgIpc) is 2.27. The fourth-order valence-electron chi connectivity index (χ4n) is 2.78. The van der Waals surface area contributed by atoms with Crippen LogP contribution in [-0.2, 0) is 11.2 Å². The first-order valence-electron chi connectivity index (χ1n) is 6.69. The van der Waals surface area contributed by atoms with Gasteiger partial charge in [0, 0.05) is 5.92 Å². The van der Waals surface area contributed by atoms with Crippen LogP contribution in [0.4, 0.5) is 0 Å². The third-order valence-electron chi connectivity index (χ3n) is 3.58. The monoisotopic (exact) mass is 247 g/mol. The molecule has 0 bridgehead atoms. The van der Waals surface area contributed by atoms with Crippen LogP contribution in [0.2, 0.25) is 0 Å². The summed E-state index contributed by atoms with van der Waals surface area (Å²) in [5.41, 5.74) is 6.81. The first-order chi connectivity index (χ1) is 8.36. The first kappa shape index (κ1) is 14.7. The van der Waals surface area contributed by atoms with Crippen molar-refractivity contribution in [3.05, 3.63) is 35.9 Å². The van der Waals surface area contributed by atoms with Crippen molar-refractivity contribution in [3.63, 3.8) is 0 Å². The van der Waals surface area contributed by atoms with Crippen molar-refractivity contribution < 1.29 is 4.79 Å². The lowest BCUT2D eigenvalue weighted by Gasteiger charge is -2.34. The topological polar surface area (TPSA) is 43.1 Å². The Bertz CT molecular complexity index is 378. The molecule has 0 aliphatic heterocycles. The summed E-state index contributed by atoms with van der Waals surface area (Å²) < 4.78 is 0. The molecule has 2 atom stereocenters. The maximum atomic E-state index is 11.8. The van der Waals surface area contributed by atoms with E-state index in [1.165, 1.54) is 5.56 Å². The maximum Gasteiger partial charge on any atom is 0.221 e. The van der Waals surface area contributed by atoms with Gasteiger partial charge in [0.1, 0.15) is 0 Å². The van der Waals surface area contributed by atoms with Crippen LogP contribution in [0.15, 0.2) is 30.3 Å². The van der Waals surface area contributed by atoms with Gasteiger partial charge in [0.05, 0.1) is 0 Å². The predicted octanol–water partition coefficient (Wildman–Crippen LogP) is 3.40. The van der Waals surface area contributed by atoms with Crippen molar-refractivity contribution in [2.45, 2.75) is 40.5 Å². The number of hydrogen-bond acceptors (Lipinski definition) is 1. The molecule has 100 valence electrons. The zero-order valence-corrected chi connectivity index (χ0v) is 11.9. The highest BCUT2D eigenvalue weighted by molar-refractivity contribution is 5.77. The van der Waals surface area contributed by atoms with E-state index < -0.39 is 0 Å². The second-order valence-corrected chi connectivity index (χ2v) is 6.10. The van der Waals surface area contributed by atoms with E-state index in [1.54, 1.807) is 0 Å². The molecule has 0 radical (unpaired) electrons. The van der Waals surface area contributed by atoms with Gasteiger partial charge in [-0.15, -0.1) is 0 Å². The Labute approximate surface area is 111 Å². The Balaban J connectivity index is 2.90. The van der Waals surface area contributed by atoms with Crippen LogP contribution in [0.5, 0.6) is 0 Å². The molecule has 18 heavy (non-hydrogen) atoms. The molecule has 1 unspecified atom stereocenters.